The average molecular weight is 217 g/mol. The van der Waals surface area contributed by atoms with Gasteiger partial charge in [-0.3, -0.25) is 0 Å². The van der Waals surface area contributed by atoms with Crippen LogP contribution in [-0.4, -0.2) is 5.52 Å². The average Bonchev–Trinajstić information content (AvgIpc) is 2.11. The van der Waals surface area contributed by atoms with Gasteiger partial charge >= 0.3 is 0 Å². The molecular weight excluding hydrogens is 204 g/mol. The molecule has 0 atom stereocenters. The van der Waals surface area contributed by atoms with Crippen LogP contribution in [0, 0.1) is 0 Å². The molecule has 0 aromatic heterocycles. The zero-order valence-electron chi connectivity index (χ0n) is 6.88. The van der Waals surface area contributed by atoms with Gasteiger partial charge in [0.15, 0.2) is 0 Å². The van der Waals surface area contributed by atoms with Crippen LogP contribution < -0.4 is 4.74 Å². The molecule has 0 fully saturated rings. The standard InChI is InChI=1S/C7H7BrO.C2H6/c8-6-9-7-4-2-1-3-5-7;1-2/h1-5H,6H2;1-2H3. The Kier molecular flexibility index (Phi) is 7.26. The van der Waals surface area contributed by atoms with Gasteiger partial charge in [-0.15, -0.1) is 0 Å². The molecule has 1 aromatic rings. The first-order chi connectivity index (χ1) is 5.43. The molecule has 1 rings (SSSR count). The zero-order valence-corrected chi connectivity index (χ0v) is 8.47. The van der Waals surface area contributed by atoms with Crippen molar-refractivity contribution in [3.63, 3.8) is 0 Å². The van der Waals surface area contributed by atoms with Crippen LogP contribution >= 0.6 is 15.9 Å². The van der Waals surface area contributed by atoms with Crippen LogP contribution in [0.25, 0.3) is 0 Å². The van der Waals surface area contributed by atoms with E-state index in [1.165, 1.54) is 0 Å². The molecular formula is C9H13BrO. The first-order valence-electron chi connectivity index (χ1n) is 3.67. The van der Waals surface area contributed by atoms with Crippen molar-refractivity contribution in [2.75, 3.05) is 5.52 Å². The van der Waals surface area contributed by atoms with Crippen LogP contribution in [0.3, 0.4) is 0 Å². The number of ether oxygens (including phenoxy) is 1. The predicted molar refractivity (Wildman–Crippen MR) is 52.2 cm³/mol. The summed E-state index contributed by atoms with van der Waals surface area (Å²) in [4.78, 5) is 0. The van der Waals surface area contributed by atoms with Crippen molar-refractivity contribution >= 4 is 15.9 Å². The van der Waals surface area contributed by atoms with Crippen molar-refractivity contribution < 1.29 is 4.74 Å². The van der Waals surface area contributed by atoms with Crippen molar-refractivity contribution in [1.82, 2.24) is 0 Å². The molecule has 1 aromatic carbocycles. The number of hydrogen-bond acceptors (Lipinski definition) is 1. The number of hydrogen-bond donors (Lipinski definition) is 0. The molecule has 0 heterocycles. The van der Waals surface area contributed by atoms with Gasteiger partial charge in [-0.25, -0.2) is 0 Å². The fraction of sp³-hybridized carbons (Fsp3) is 0.333. The summed E-state index contributed by atoms with van der Waals surface area (Å²) in [5.41, 5.74) is 0.553. The van der Waals surface area contributed by atoms with Gasteiger partial charge in [-0.2, -0.15) is 0 Å². The topological polar surface area (TPSA) is 9.23 Å². The SMILES string of the molecule is BrCOc1ccccc1.CC. The van der Waals surface area contributed by atoms with Crippen molar-refractivity contribution in [3.05, 3.63) is 30.3 Å². The van der Waals surface area contributed by atoms with Gasteiger partial charge in [0, 0.05) is 0 Å². The van der Waals surface area contributed by atoms with E-state index in [2.05, 4.69) is 15.9 Å². The highest BCUT2D eigenvalue weighted by atomic mass is 79.9. The molecule has 0 aliphatic carbocycles. The van der Waals surface area contributed by atoms with Crippen molar-refractivity contribution in [2.45, 2.75) is 13.8 Å². The van der Waals surface area contributed by atoms with E-state index in [1.807, 2.05) is 44.2 Å². The highest BCUT2D eigenvalue weighted by Crippen LogP contribution is 2.08. The number of halogens is 1. The highest BCUT2D eigenvalue weighted by Gasteiger charge is 1.84. The van der Waals surface area contributed by atoms with E-state index in [0.29, 0.717) is 5.52 Å². The molecule has 0 saturated heterocycles. The normalized spacial score (nSPS) is 7.91. The fourth-order valence-corrected chi connectivity index (χ4v) is 0.844. The van der Waals surface area contributed by atoms with E-state index in [1.54, 1.807) is 0 Å². The molecule has 0 radical (unpaired) electrons. The summed E-state index contributed by atoms with van der Waals surface area (Å²) in [6, 6.07) is 9.68. The van der Waals surface area contributed by atoms with E-state index >= 15 is 0 Å². The zero-order chi connectivity index (χ0) is 8.53. The van der Waals surface area contributed by atoms with Gasteiger partial charge < -0.3 is 4.74 Å². The second-order valence-corrected chi connectivity index (χ2v) is 2.02. The van der Waals surface area contributed by atoms with E-state index in [0.717, 1.165) is 5.75 Å². The van der Waals surface area contributed by atoms with E-state index in [9.17, 15) is 0 Å². The smallest absolute Gasteiger partial charge is 0.143 e. The van der Waals surface area contributed by atoms with Gasteiger partial charge in [-0.05, 0) is 28.1 Å². The van der Waals surface area contributed by atoms with Crippen LogP contribution in [0.15, 0.2) is 30.3 Å². The lowest BCUT2D eigenvalue weighted by atomic mass is 10.3. The third-order valence-electron chi connectivity index (χ3n) is 0.964. The maximum atomic E-state index is 5.12. The molecule has 0 unspecified atom stereocenters. The minimum atomic E-state index is 0.553. The lowest BCUT2D eigenvalue weighted by Crippen LogP contribution is -1.86. The van der Waals surface area contributed by atoms with Gasteiger partial charge in [0.05, 0.1) is 0 Å². The van der Waals surface area contributed by atoms with Gasteiger partial charge in [-0.1, -0.05) is 32.0 Å². The molecule has 0 bridgehead atoms. The van der Waals surface area contributed by atoms with Gasteiger partial charge in [0.25, 0.3) is 0 Å². The van der Waals surface area contributed by atoms with Crippen molar-refractivity contribution in [3.8, 4) is 5.75 Å². The lowest BCUT2D eigenvalue weighted by molar-refractivity contribution is 0.398. The Morgan fingerprint density at radius 2 is 1.73 bits per heavy atom. The van der Waals surface area contributed by atoms with Crippen LogP contribution in [0.1, 0.15) is 13.8 Å². The molecule has 62 valence electrons. The van der Waals surface area contributed by atoms with Crippen LogP contribution in [-0.2, 0) is 0 Å². The lowest BCUT2D eigenvalue weighted by Gasteiger charge is -1.98. The molecule has 0 aliphatic heterocycles. The second-order valence-electron chi connectivity index (χ2n) is 1.57. The molecule has 2 heteroatoms. The minimum absolute atomic E-state index is 0.553. The fourth-order valence-electron chi connectivity index (χ4n) is 0.580. The van der Waals surface area contributed by atoms with E-state index in [4.69, 9.17) is 4.74 Å². The maximum Gasteiger partial charge on any atom is 0.143 e. The Hall–Kier alpha value is -0.500. The Morgan fingerprint density at radius 1 is 1.18 bits per heavy atom. The summed E-state index contributed by atoms with van der Waals surface area (Å²) in [5.74, 6) is 0.898. The molecule has 0 N–H and O–H groups in total. The quantitative estimate of drug-likeness (QED) is 0.689. The van der Waals surface area contributed by atoms with E-state index in [-0.39, 0.29) is 0 Å². The Bertz CT molecular complexity index is 162. The minimum Gasteiger partial charge on any atom is -0.482 e. The van der Waals surface area contributed by atoms with Crippen molar-refractivity contribution in [1.29, 1.82) is 0 Å². The van der Waals surface area contributed by atoms with Crippen molar-refractivity contribution in [2.24, 2.45) is 0 Å². The summed E-state index contributed by atoms with van der Waals surface area (Å²) in [6.07, 6.45) is 0. The Morgan fingerprint density at radius 3 is 2.18 bits per heavy atom. The van der Waals surface area contributed by atoms with Crippen LogP contribution in [0.2, 0.25) is 0 Å². The molecule has 11 heavy (non-hydrogen) atoms. The number of rotatable bonds is 2. The summed E-state index contributed by atoms with van der Waals surface area (Å²) >= 11 is 3.16. The largest absolute Gasteiger partial charge is 0.482 e. The van der Waals surface area contributed by atoms with Gasteiger partial charge in [0.2, 0.25) is 0 Å². The predicted octanol–water partition coefficient (Wildman–Crippen LogP) is 3.44. The van der Waals surface area contributed by atoms with E-state index < -0.39 is 0 Å². The van der Waals surface area contributed by atoms with Gasteiger partial charge in [0.1, 0.15) is 11.3 Å². The highest BCUT2D eigenvalue weighted by molar-refractivity contribution is 9.09. The second kappa shape index (κ2) is 7.61. The first kappa shape index (κ1) is 10.5. The van der Waals surface area contributed by atoms with Crippen LogP contribution in [0.4, 0.5) is 0 Å². The monoisotopic (exact) mass is 216 g/mol. The Labute approximate surface area is 76.5 Å². The Balaban J connectivity index is 0.000000461. The van der Waals surface area contributed by atoms with Crippen LogP contribution in [0.5, 0.6) is 5.75 Å². The first-order valence-corrected chi connectivity index (χ1v) is 4.79. The third-order valence-corrected chi connectivity index (χ3v) is 1.19. The third kappa shape index (κ3) is 4.85. The summed E-state index contributed by atoms with van der Waals surface area (Å²) < 4.78 is 5.12. The summed E-state index contributed by atoms with van der Waals surface area (Å²) in [7, 11) is 0. The summed E-state index contributed by atoms with van der Waals surface area (Å²) in [5, 5.41) is 0. The molecule has 0 spiro atoms. The maximum absolute atomic E-state index is 5.12. The summed E-state index contributed by atoms with van der Waals surface area (Å²) in [6.45, 7) is 4.00. The number of para-hydroxylation sites is 1. The molecule has 1 nitrogen and oxygen atoms in total. The number of alkyl halides is 1. The number of benzene rings is 1. The molecule has 0 aliphatic rings. The molecule has 0 amide bonds. The molecule has 0 saturated carbocycles.